The van der Waals surface area contributed by atoms with E-state index in [2.05, 4.69) is 58.6 Å². The number of hydrogen-bond donors (Lipinski definition) is 1. The van der Waals surface area contributed by atoms with Gasteiger partial charge in [0, 0.05) is 12.1 Å². The summed E-state index contributed by atoms with van der Waals surface area (Å²) in [6, 6.07) is 8.38. The Labute approximate surface area is 159 Å². The number of ether oxygens (including phenoxy) is 2. The van der Waals surface area contributed by atoms with Gasteiger partial charge in [-0.2, -0.15) is 0 Å². The number of aromatic nitrogens is 2. The van der Waals surface area contributed by atoms with Gasteiger partial charge in [-0.25, -0.2) is 14.8 Å². The number of carbonyl (C=O) groups excluding carboxylic acids is 1. The van der Waals surface area contributed by atoms with Crippen LogP contribution < -0.4 is 5.32 Å². The summed E-state index contributed by atoms with van der Waals surface area (Å²) < 4.78 is 11.2. The highest BCUT2D eigenvalue weighted by atomic mass is 16.5. The fourth-order valence-electron chi connectivity index (χ4n) is 2.98. The van der Waals surface area contributed by atoms with E-state index in [-0.39, 0.29) is 17.9 Å². The molecule has 0 bridgehead atoms. The van der Waals surface area contributed by atoms with Gasteiger partial charge in [-0.15, -0.1) is 0 Å². The molecule has 2 atom stereocenters. The van der Waals surface area contributed by atoms with Crippen molar-refractivity contribution >= 4 is 11.8 Å². The highest BCUT2D eigenvalue weighted by Gasteiger charge is 2.21. The largest absolute Gasteiger partial charge is 0.461 e. The molecule has 1 N–H and O–H groups in total. The van der Waals surface area contributed by atoms with Crippen molar-refractivity contribution in [3.05, 3.63) is 65.1 Å². The van der Waals surface area contributed by atoms with Gasteiger partial charge in [-0.3, -0.25) is 0 Å². The minimum atomic E-state index is -0.434. The predicted molar refractivity (Wildman–Crippen MR) is 104 cm³/mol. The van der Waals surface area contributed by atoms with Crippen molar-refractivity contribution in [3.8, 4) is 0 Å². The molecule has 0 radical (unpaired) electrons. The summed E-state index contributed by atoms with van der Waals surface area (Å²) in [5.74, 6) is 0.190. The van der Waals surface area contributed by atoms with E-state index in [1.54, 1.807) is 6.92 Å². The number of carbonyl (C=O) groups is 1. The lowest BCUT2D eigenvalue weighted by Gasteiger charge is -2.27. The molecule has 2 heterocycles. The first-order valence-corrected chi connectivity index (χ1v) is 9.19. The molecule has 0 spiro atoms. The molecular formula is C21H25N3O3. The van der Waals surface area contributed by atoms with Crippen molar-refractivity contribution in [1.29, 1.82) is 0 Å². The van der Waals surface area contributed by atoms with Gasteiger partial charge in [0.2, 0.25) is 0 Å². The van der Waals surface area contributed by atoms with E-state index in [0.717, 1.165) is 12.0 Å². The van der Waals surface area contributed by atoms with E-state index < -0.39 is 5.97 Å². The molecular weight excluding hydrogens is 342 g/mol. The van der Waals surface area contributed by atoms with Crippen LogP contribution in [0.3, 0.4) is 0 Å². The van der Waals surface area contributed by atoms with Gasteiger partial charge in [0.05, 0.1) is 12.7 Å². The number of hydrogen-bond acceptors (Lipinski definition) is 6. The van der Waals surface area contributed by atoms with E-state index in [1.165, 1.54) is 11.9 Å². The summed E-state index contributed by atoms with van der Waals surface area (Å²) in [7, 11) is 0. The number of anilines is 1. The van der Waals surface area contributed by atoms with Crippen molar-refractivity contribution in [2.75, 3.05) is 18.5 Å². The monoisotopic (exact) mass is 367 g/mol. The molecule has 0 amide bonds. The van der Waals surface area contributed by atoms with Crippen molar-refractivity contribution < 1.29 is 14.3 Å². The molecule has 6 heteroatoms. The molecule has 142 valence electrons. The van der Waals surface area contributed by atoms with E-state index in [4.69, 9.17) is 9.47 Å². The Morgan fingerprint density at radius 1 is 1.26 bits per heavy atom. The number of nitrogens with one attached hydrogen (secondary N) is 1. The standard InChI is InChI=1S/C21H25N3O3/c1-4-26-21(25)19-15(3)20(24-13-23-19)22-12-17-6-5-7-18(27-17)16-10-8-14(2)9-11-16/h5,7-11,13,17-18H,4,6,12H2,1-3H3,(H,22,23,24)/t17-,18+/m1/s1. The van der Waals surface area contributed by atoms with Gasteiger partial charge in [0.25, 0.3) is 0 Å². The van der Waals surface area contributed by atoms with Crippen LogP contribution in [0.2, 0.25) is 0 Å². The quantitative estimate of drug-likeness (QED) is 0.619. The van der Waals surface area contributed by atoms with E-state index in [0.29, 0.717) is 24.5 Å². The third kappa shape index (κ3) is 4.71. The molecule has 6 nitrogen and oxygen atoms in total. The zero-order valence-corrected chi connectivity index (χ0v) is 15.9. The molecule has 0 fully saturated rings. The van der Waals surface area contributed by atoms with E-state index in [1.807, 2.05) is 6.92 Å². The molecule has 0 saturated carbocycles. The Bertz CT molecular complexity index is 818. The maximum atomic E-state index is 12.0. The molecule has 0 unspecified atom stereocenters. The molecule has 1 aromatic heterocycles. The van der Waals surface area contributed by atoms with E-state index >= 15 is 0 Å². The van der Waals surface area contributed by atoms with Crippen LogP contribution in [0, 0.1) is 13.8 Å². The van der Waals surface area contributed by atoms with Crippen LogP contribution in [0.5, 0.6) is 0 Å². The first-order valence-electron chi connectivity index (χ1n) is 9.19. The highest BCUT2D eigenvalue weighted by molar-refractivity contribution is 5.90. The highest BCUT2D eigenvalue weighted by Crippen LogP contribution is 2.26. The first-order chi connectivity index (χ1) is 13.1. The van der Waals surface area contributed by atoms with Crippen LogP contribution >= 0.6 is 0 Å². The third-order valence-corrected chi connectivity index (χ3v) is 4.50. The second kappa shape index (κ2) is 8.77. The van der Waals surface area contributed by atoms with Gasteiger partial charge in [-0.05, 0) is 32.8 Å². The first kappa shape index (κ1) is 19.0. The topological polar surface area (TPSA) is 73.3 Å². The number of rotatable bonds is 6. The molecule has 1 aromatic carbocycles. The summed E-state index contributed by atoms with van der Waals surface area (Å²) in [6.45, 7) is 6.56. The lowest BCUT2D eigenvalue weighted by molar-refractivity contribution is 0.0130. The van der Waals surface area contributed by atoms with Crippen LogP contribution in [0.15, 0.2) is 42.7 Å². The van der Waals surface area contributed by atoms with Crippen molar-refractivity contribution in [2.45, 2.75) is 39.4 Å². The van der Waals surface area contributed by atoms with Crippen LogP contribution in [0.1, 0.15) is 46.6 Å². The second-order valence-electron chi connectivity index (χ2n) is 6.55. The smallest absolute Gasteiger partial charge is 0.357 e. The normalized spacial score (nSPS) is 18.9. The minimum absolute atomic E-state index is 0.0155. The zero-order chi connectivity index (χ0) is 19.2. The minimum Gasteiger partial charge on any atom is -0.461 e. The summed E-state index contributed by atoms with van der Waals surface area (Å²) >= 11 is 0. The van der Waals surface area contributed by atoms with E-state index in [9.17, 15) is 4.79 Å². The van der Waals surface area contributed by atoms with Crippen molar-refractivity contribution in [2.24, 2.45) is 0 Å². The molecule has 0 aliphatic carbocycles. The van der Waals surface area contributed by atoms with Gasteiger partial charge >= 0.3 is 5.97 Å². The number of nitrogens with zero attached hydrogens (tertiary/aromatic N) is 2. The summed E-state index contributed by atoms with van der Waals surface area (Å²) in [5.41, 5.74) is 3.34. The lowest BCUT2D eigenvalue weighted by atomic mass is 10.0. The van der Waals surface area contributed by atoms with Gasteiger partial charge in [0.1, 0.15) is 18.2 Å². The van der Waals surface area contributed by atoms with Crippen LogP contribution in [0.4, 0.5) is 5.82 Å². The summed E-state index contributed by atoms with van der Waals surface area (Å²) in [4.78, 5) is 20.3. The number of aryl methyl sites for hydroxylation is 1. The molecule has 1 aliphatic rings. The molecule has 0 saturated heterocycles. The Kier molecular flexibility index (Phi) is 6.19. The zero-order valence-electron chi connectivity index (χ0n) is 15.9. The predicted octanol–water partition coefficient (Wildman–Crippen LogP) is 3.77. The average Bonchev–Trinajstić information content (AvgIpc) is 2.68. The molecule has 1 aliphatic heterocycles. The molecule has 2 aromatic rings. The number of benzene rings is 1. The fourth-order valence-corrected chi connectivity index (χ4v) is 2.98. The van der Waals surface area contributed by atoms with Crippen LogP contribution in [-0.2, 0) is 9.47 Å². The molecule has 27 heavy (non-hydrogen) atoms. The number of esters is 1. The van der Waals surface area contributed by atoms with Crippen LogP contribution in [0.25, 0.3) is 0 Å². The maximum Gasteiger partial charge on any atom is 0.357 e. The maximum absolute atomic E-state index is 12.0. The Morgan fingerprint density at radius 2 is 2.04 bits per heavy atom. The SMILES string of the molecule is CCOC(=O)c1ncnc(NC[C@H]2CC=C[C@@H](c3ccc(C)cc3)O2)c1C. The third-order valence-electron chi connectivity index (χ3n) is 4.50. The average molecular weight is 367 g/mol. The second-order valence-corrected chi connectivity index (χ2v) is 6.55. The Morgan fingerprint density at radius 3 is 2.78 bits per heavy atom. The van der Waals surface area contributed by atoms with Gasteiger partial charge in [-0.1, -0.05) is 42.0 Å². The van der Waals surface area contributed by atoms with Gasteiger partial charge in [0.15, 0.2) is 5.69 Å². The van der Waals surface area contributed by atoms with Crippen molar-refractivity contribution in [3.63, 3.8) is 0 Å². The lowest BCUT2D eigenvalue weighted by Crippen LogP contribution is -2.27. The Hall–Kier alpha value is -2.73. The fraction of sp³-hybridized carbons (Fsp3) is 0.381. The summed E-state index contributed by atoms with van der Waals surface area (Å²) in [5, 5.41) is 3.28. The summed E-state index contributed by atoms with van der Waals surface area (Å²) in [6.07, 6.45) is 6.41. The van der Waals surface area contributed by atoms with Crippen molar-refractivity contribution in [1.82, 2.24) is 9.97 Å². The van der Waals surface area contributed by atoms with Crippen LogP contribution in [-0.4, -0.2) is 35.2 Å². The Balaban J connectivity index is 1.63. The van der Waals surface area contributed by atoms with Gasteiger partial charge < -0.3 is 14.8 Å². The molecule has 3 rings (SSSR count).